The van der Waals surface area contributed by atoms with Crippen LogP contribution in [-0.2, 0) is 11.3 Å². The van der Waals surface area contributed by atoms with E-state index in [4.69, 9.17) is 4.74 Å². The van der Waals surface area contributed by atoms with Gasteiger partial charge in [0.15, 0.2) is 0 Å². The fourth-order valence-electron chi connectivity index (χ4n) is 2.28. The molecule has 0 atom stereocenters. The molecule has 2 rings (SSSR count). The largest absolute Gasteiger partial charge is 0.379 e. The van der Waals surface area contributed by atoms with Crippen molar-refractivity contribution < 1.29 is 4.74 Å². The monoisotopic (exact) mass is 287 g/mol. The second kappa shape index (κ2) is 7.96. The van der Waals surface area contributed by atoms with E-state index in [1.807, 2.05) is 19.2 Å². The summed E-state index contributed by atoms with van der Waals surface area (Å²) < 4.78 is 7.73. The predicted molar refractivity (Wildman–Crippen MR) is 85.7 cm³/mol. The number of nitrogens with one attached hydrogen (secondary N) is 1. The van der Waals surface area contributed by atoms with Crippen molar-refractivity contribution in [2.45, 2.75) is 39.8 Å². The highest BCUT2D eigenvalue weighted by Crippen LogP contribution is 2.14. The third-order valence-corrected chi connectivity index (χ3v) is 3.28. The third kappa shape index (κ3) is 4.69. The first kappa shape index (κ1) is 15.7. The molecular weight excluding hydrogens is 262 g/mol. The van der Waals surface area contributed by atoms with Gasteiger partial charge in [0.2, 0.25) is 0 Å². The lowest BCUT2D eigenvalue weighted by atomic mass is 10.3. The molecule has 0 spiro atoms. The molecule has 0 saturated carbocycles. The van der Waals surface area contributed by atoms with Gasteiger partial charge in [0.1, 0.15) is 5.82 Å². The van der Waals surface area contributed by atoms with Gasteiger partial charge in [-0.05, 0) is 45.9 Å². The molecule has 0 saturated heterocycles. The van der Waals surface area contributed by atoms with E-state index in [0.29, 0.717) is 6.10 Å². The number of para-hydroxylation sites is 1. The van der Waals surface area contributed by atoms with Crippen molar-refractivity contribution in [2.24, 2.45) is 0 Å². The predicted octanol–water partition coefficient (Wildman–Crippen LogP) is 3.09. The van der Waals surface area contributed by atoms with Crippen molar-refractivity contribution in [3.8, 4) is 5.69 Å². The molecule has 0 aliphatic rings. The van der Waals surface area contributed by atoms with Crippen molar-refractivity contribution in [1.29, 1.82) is 0 Å². The van der Waals surface area contributed by atoms with Gasteiger partial charge >= 0.3 is 0 Å². The number of aryl methyl sites for hydroxylation is 1. The summed E-state index contributed by atoms with van der Waals surface area (Å²) in [7, 11) is 0. The maximum absolute atomic E-state index is 5.53. The molecule has 21 heavy (non-hydrogen) atoms. The van der Waals surface area contributed by atoms with Gasteiger partial charge in [0.25, 0.3) is 0 Å². The van der Waals surface area contributed by atoms with Gasteiger partial charge in [-0.25, -0.2) is 4.98 Å². The number of hydrogen-bond donors (Lipinski definition) is 1. The average Bonchev–Trinajstić information content (AvgIpc) is 2.84. The molecular formula is C17H25N3O. The van der Waals surface area contributed by atoms with Crippen molar-refractivity contribution in [1.82, 2.24) is 14.9 Å². The zero-order chi connectivity index (χ0) is 15.1. The van der Waals surface area contributed by atoms with Crippen LogP contribution in [0.15, 0.2) is 36.5 Å². The quantitative estimate of drug-likeness (QED) is 0.758. The molecule has 0 radical (unpaired) electrons. The number of ether oxygens (including phenoxy) is 1. The van der Waals surface area contributed by atoms with Crippen LogP contribution < -0.4 is 5.32 Å². The van der Waals surface area contributed by atoms with E-state index >= 15 is 0 Å². The lowest BCUT2D eigenvalue weighted by Gasteiger charge is -2.11. The van der Waals surface area contributed by atoms with Crippen molar-refractivity contribution in [3.63, 3.8) is 0 Å². The third-order valence-electron chi connectivity index (χ3n) is 3.28. The first-order valence-corrected chi connectivity index (χ1v) is 7.59. The standard InChI is InChI=1S/C17H25N3O/c1-14(2)21-11-7-10-18-12-17-13-19-15(3)20(17)16-8-5-4-6-9-16/h4-6,8-9,13-14,18H,7,10-12H2,1-3H3. The van der Waals surface area contributed by atoms with E-state index in [1.165, 1.54) is 5.69 Å². The van der Waals surface area contributed by atoms with Crippen LogP contribution >= 0.6 is 0 Å². The molecule has 1 aromatic heterocycles. The summed E-state index contributed by atoms with van der Waals surface area (Å²) in [6, 6.07) is 10.3. The van der Waals surface area contributed by atoms with E-state index in [2.05, 4.69) is 53.0 Å². The highest BCUT2D eigenvalue weighted by atomic mass is 16.5. The van der Waals surface area contributed by atoms with Crippen molar-refractivity contribution in [2.75, 3.05) is 13.2 Å². The van der Waals surface area contributed by atoms with Crippen LogP contribution in [0.25, 0.3) is 5.69 Å². The Morgan fingerprint density at radius 3 is 2.71 bits per heavy atom. The van der Waals surface area contributed by atoms with Gasteiger partial charge < -0.3 is 10.1 Å². The first-order chi connectivity index (χ1) is 10.2. The lowest BCUT2D eigenvalue weighted by molar-refractivity contribution is 0.0770. The summed E-state index contributed by atoms with van der Waals surface area (Å²) in [5.74, 6) is 1.01. The van der Waals surface area contributed by atoms with Crippen LogP contribution in [0.2, 0.25) is 0 Å². The molecule has 0 amide bonds. The van der Waals surface area contributed by atoms with Crippen LogP contribution in [0, 0.1) is 6.92 Å². The zero-order valence-corrected chi connectivity index (χ0v) is 13.2. The molecule has 4 nitrogen and oxygen atoms in total. The van der Waals surface area contributed by atoms with E-state index in [-0.39, 0.29) is 0 Å². The van der Waals surface area contributed by atoms with Crippen LogP contribution in [0.1, 0.15) is 31.8 Å². The Kier molecular flexibility index (Phi) is 5.96. The molecule has 0 fully saturated rings. The highest BCUT2D eigenvalue weighted by Gasteiger charge is 2.07. The maximum atomic E-state index is 5.53. The second-order valence-corrected chi connectivity index (χ2v) is 5.42. The van der Waals surface area contributed by atoms with Gasteiger partial charge in [0.05, 0.1) is 18.0 Å². The minimum atomic E-state index is 0.312. The van der Waals surface area contributed by atoms with Gasteiger partial charge in [-0.3, -0.25) is 4.57 Å². The molecule has 1 aromatic carbocycles. The van der Waals surface area contributed by atoms with Crippen LogP contribution in [0.4, 0.5) is 0 Å². The number of aromatic nitrogens is 2. The molecule has 0 unspecified atom stereocenters. The Morgan fingerprint density at radius 1 is 1.24 bits per heavy atom. The fourth-order valence-corrected chi connectivity index (χ4v) is 2.28. The zero-order valence-electron chi connectivity index (χ0n) is 13.2. The van der Waals surface area contributed by atoms with E-state index < -0.39 is 0 Å². The summed E-state index contributed by atoms with van der Waals surface area (Å²) in [6.07, 6.45) is 3.28. The lowest BCUT2D eigenvalue weighted by Crippen LogP contribution is -2.19. The number of imidazole rings is 1. The Labute approximate surface area is 127 Å². The summed E-state index contributed by atoms with van der Waals surface area (Å²) >= 11 is 0. The molecule has 4 heteroatoms. The van der Waals surface area contributed by atoms with Crippen LogP contribution in [-0.4, -0.2) is 28.8 Å². The van der Waals surface area contributed by atoms with Crippen molar-refractivity contribution >= 4 is 0 Å². The Bertz CT molecular complexity index is 534. The minimum Gasteiger partial charge on any atom is -0.379 e. The maximum Gasteiger partial charge on any atom is 0.110 e. The van der Waals surface area contributed by atoms with E-state index in [1.54, 1.807) is 0 Å². The molecule has 1 heterocycles. The minimum absolute atomic E-state index is 0.312. The highest BCUT2D eigenvalue weighted by molar-refractivity contribution is 5.35. The molecule has 0 aliphatic carbocycles. The smallest absolute Gasteiger partial charge is 0.110 e. The molecule has 0 bridgehead atoms. The number of rotatable bonds is 8. The molecule has 1 N–H and O–H groups in total. The molecule has 2 aromatic rings. The Balaban J connectivity index is 1.87. The van der Waals surface area contributed by atoms with Gasteiger partial charge in [-0.1, -0.05) is 18.2 Å². The Hall–Kier alpha value is -1.65. The number of hydrogen-bond acceptors (Lipinski definition) is 3. The van der Waals surface area contributed by atoms with Crippen LogP contribution in [0.5, 0.6) is 0 Å². The summed E-state index contributed by atoms with van der Waals surface area (Å²) in [6.45, 7) is 8.74. The summed E-state index contributed by atoms with van der Waals surface area (Å²) in [5.41, 5.74) is 2.34. The molecule has 114 valence electrons. The topological polar surface area (TPSA) is 39.1 Å². The number of benzene rings is 1. The average molecular weight is 287 g/mol. The van der Waals surface area contributed by atoms with Gasteiger partial charge in [0, 0.05) is 18.8 Å². The SMILES string of the molecule is Cc1ncc(CNCCCOC(C)C)n1-c1ccccc1. The summed E-state index contributed by atoms with van der Waals surface area (Å²) in [5, 5.41) is 3.46. The van der Waals surface area contributed by atoms with E-state index in [0.717, 1.165) is 37.6 Å². The van der Waals surface area contributed by atoms with Crippen molar-refractivity contribution in [3.05, 3.63) is 48.0 Å². The fraction of sp³-hybridized carbons (Fsp3) is 0.471. The normalized spacial score (nSPS) is 11.2. The van der Waals surface area contributed by atoms with Gasteiger partial charge in [-0.15, -0.1) is 0 Å². The number of nitrogens with zero attached hydrogens (tertiary/aromatic N) is 2. The van der Waals surface area contributed by atoms with Crippen LogP contribution in [0.3, 0.4) is 0 Å². The second-order valence-electron chi connectivity index (χ2n) is 5.42. The van der Waals surface area contributed by atoms with Gasteiger partial charge in [-0.2, -0.15) is 0 Å². The summed E-state index contributed by atoms with van der Waals surface area (Å²) in [4.78, 5) is 4.43. The molecule has 0 aliphatic heterocycles. The van der Waals surface area contributed by atoms with E-state index in [9.17, 15) is 0 Å². The Morgan fingerprint density at radius 2 is 2.00 bits per heavy atom. The first-order valence-electron chi connectivity index (χ1n) is 7.59.